The molecule has 0 fully saturated rings. The van der Waals surface area contributed by atoms with E-state index in [2.05, 4.69) is 36.4 Å². The molecular weight excluding hydrogens is 394 g/mol. The summed E-state index contributed by atoms with van der Waals surface area (Å²) in [5.41, 5.74) is 4.71. The van der Waals surface area contributed by atoms with Crippen molar-refractivity contribution < 1.29 is 19.4 Å². The topological polar surface area (TPSA) is 85.6 Å². The number of carboxylic acids is 1. The van der Waals surface area contributed by atoms with Crippen LogP contribution in [0.2, 0.25) is 0 Å². The van der Waals surface area contributed by atoms with E-state index in [1.807, 2.05) is 24.3 Å². The van der Waals surface area contributed by atoms with Crippen molar-refractivity contribution in [3.63, 3.8) is 0 Å². The molecule has 0 radical (unpaired) electrons. The van der Waals surface area contributed by atoms with Gasteiger partial charge < -0.3 is 19.9 Å². The fourth-order valence-corrected chi connectivity index (χ4v) is 4.98. The lowest BCUT2D eigenvalue weighted by Gasteiger charge is -2.48. The Hall–Kier alpha value is -3.48. The van der Waals surface area contributed by atoms with Gasteiger partial charge in [0.15, 0.2) is 0 Å². The number of methoxy groups -OCH3 is 1. The Morgan fingerprint density at radius 1 is 1.32 bits per heavy atom. The van der Waals surface area contributed by atoms with E-state index >= 15 is 0 Å². The number of nitrogens with zero attached hydrogens (tertiary/aromatic N) is 2. The standard InChI is InChI=1S/C24H25N3O4/c1-13-15(23(28)29)11-25-27(13)14-8-9-18-16(10-14)24(2,3)17-12-31-20-7-5-6-19(30-4)21(20)22(17)26-18/h5-11,17,22,26H,12H2,1-4H3,(H,28,29)/t17-,22-/m1/s1. The van der Waals surface area contributed by atoms with Crippen LogP contribution in [0.5, 0.6) is 11.5 Å². The van der Waals surface area contributed by atoms with Crippen molar-refractivity contribution in [2.45, 2.75) is 32.2 Å². The molecule has 0 unspecified atom stereocenters. The highest BCUT2D eigenvalue weighted by atomic mass is 16.5. The van der Waals surface area contributed by atoms with Crippen LogP contribution in [-0.2, 0) is 5.41 Å². The van der Waals surface area contributed by atoms with Crippen molar-refractivity contribution in [2.75, 3.05) is 19.0 Å². The van der Waals surface area contributed by atoms with Crippen LogP contribution in [0.1, 0.15) is 47.1 Å². The van der Waals surface area contributed by atoms with Gasteiger partial charge in [0.2, 0.25) is 0 Å². The van der Waals surface area contributed by atoms with Crippen molar-refractivity contribution in [3.8, 4) is 17.2 Å². The summed E-state index contributed by atoms with van der Waals surface area (Å²) in [7, 11) is 1.69. The van der Waals surface area contributed by atoms with Crippen molar-refractivity contribution in [2.24, 2.45) is 5.92 Å². The minimum atomic E-state index is -0.974. The molecule has 0 aliphatic carbocycles. The van der Waals surface area contributed by atoms with E-state index in [-0.39, 0.29) is 22.9 Å². The molecule has 1 aromatic heterocycles. The van der Waals surface area contributed by atoms with Gasteiger partial charge in [-0.1, -0.05) is 19.9 Å². The number of ether oxygens (including phenoxy) is 2. The van der Waals surface area contributed by atoms with Crippen molar-refractivity contribution >= 4 is 11.7 Å². The number of aromatic nitrogens is 2. The average molecular weight is 419 g/mol. The van der Waals surface area contributed by atoms with Crippen LogP contribution in [-0.4, -0.2) is 34.6 Å². The molecule has 0 saturated carbocycles. The molecule has 2 atom stereocenters. The van der Waals surface area contributed by atoms with Crippen molar-refractivity contribution in [1.29, 1.82) is 0 Å². The van der Waals surface area contributed by atoms with Crippen LogP contribution in [0.4, 0.5) is 5.69 Å². The number of aromatic carboxylic acids is 1. The third kappa shape index (κ3) is 2.80. The molecule has 5 rings (SSSR count). The molecule has 0 amide bonds. The van der Waals surface area contributed by atoms with Crippen molar-refractivity contribution in [1.82, 2.24) is 9.78 Å². The second-order valence-electron chi connectivity index (χ2n) is 8.72. The zero-order valence-electron chi connectivity index (χ0n) is 18.0. The molecule has 160 valence electrons. The van der Waals surface area contributed by atoms with Crippen LogP contribution in [0.3, 0.4) is 0 Å². The molecule has 0 saturated heterocycles. The Kier molecular flexibility index (Phi) is 4.25. The maximum absolute atomic E-state index is 11.4. The molecule has 2 aliphatic rings. The molecule has 3 aromatic rings. The zero-order valence-corrected chi connectivity index (χ0v) is 18.0. The smallest absolute Gasteiger partial charge is 0.339 e. The second-order valence-corrected chi connectivity index (χ2v) is 8.72. The van der Waals surface area contributed by atoms with Gasteiger partial charge in [-0.25, -0.2) is 9.48 Å². The molecular formula is C24H25N3O4. The molecule has 0 spiro atoms. The molecule has 0 bridgehead atoms. The van der Waals surface area contributed by atoms with Crippen LogP contribution in [0, 0.1) is 12.8 Å². The van der Waals surface area contributed by atoms with Gasteiger partial charge in [-0.15, -0.1) is 0 Å². The van der Waals surface area contributed by atoms with E-state index in [0.29, 0.717) is 12.3 Å². The highest BCUT2D eigenvalue weighted by Crippen LogP contribution is 2.54. The third-order valence-corrected chi connectivity index (χ3v) is 6.80. The number of carbonyl (C=O) groups is 1. The number of carboxylic acid groups (broad SMARTS) is 1. The Morgan fingerprint density at radius 2 is 2.13 bits per heavy atom. The summed E-state index contributed by atoms with van der Waals surface area (Å²) in [6.45, 7) is 6.83. The maximum Gasteiger partial charge on any atom is 0.339 e. The van der Waals surface area contributed by atoms with Crippen LogP contribution < -0.4 is 14.8 Å². The number of hydrogen-bond donors (Lipinski definition) is 2. The summed E-state index contributed by atoms with van der Waals surface area (Å²) >= 11 is 0. The normalized spacial score (nSPS) is 20.5. The number of anilines is 1. The van der Waals surface area contributed by atoms with Crippen LogP contribution in [0.15, 0.2) is 42.6 Å². The van der Waals surface area contributed by atoms with Gasteiger partial charge in [0.1, 0.15) is 17.1 Å². The van der Waals surface area contributed by atoms with Gasteiger partial charge in [0.05, 0.1) is 42.9 Å². The highest BCUT2D eigenvalue weighted by molar-refractivity contribution is 5.88. The monoisotopic (exact) mass is 419 g/mol. The van der Waals surface area contributed by atoms with Gasteiger partial charge >= 0.3 is 5.97 Å². The van der Waals surface area contributed by atoms with E-state index in [1.165, 1.54) is 6.20 Å². The number of fused-ring (bicyclic) bond motifs is 4. The first-order chi connectivity index (χ1) is 14.8. The number of nitrogens with one attached hydrogen (secondary N) is 1. The Morgan fingerprint density at radius 3 is 2.84 bits per heavy atom. The first kappa shape index (κ1) is 19.5. The van der Waals surface area contributed by atoms with E-state index in [9.17, 15) is 9.90 Å². The van der Waals surface area contributed by atoms with Crippen LogP contribution >= 0.6 is 0 Å². The summed E-state index contributed by atoms with van der Waals surface area (Å²) in [6, 6.07) is 12.1. The second kappa shape index (κ2) is 6.77. The zero-order chi connectivity index (χ0) is 21.9. The predicted molar refractivity (Wildman–Crippen MR) is 117 cm³/mol. The first-order valence-corrected chi connectivity index (χ1v) is 10.3. The average Bonchev–Trinajstić information content (AvgIpc) is 3.14. The van der Waals surface area contributed by atoms with E-state index in [0.717, 1.165) is 34.0 Å². The fourth-order valence-electron chi connectivity index (χ4n) is 4.98. The lowest BCUT2D eigenvalue weighted by molar-refractivity contribution is 0.0696. The molecule has 3 heterocycles. The summed E-state index contributed by atoms with van der Waals surface area (Å²) in [5.74, 6) is 0.895. The van der Waals surface area contributed by atoms with E-state index in [1.54, 1.807) is 18.7 Å². The quantitative estimate of drug-likeness (QED) is 0.657. The first-order valence-electron chi connectivity index (χ1n) is 10.3. The molecule has 2 N–H and O–H groups in total. The molecule has 31 heavy (non-hydrogen) atoms. The van der Waals surface area contributed by atoms with Gasteiger partial charge in [-0.2, -0.15) is 5.10 Å². The molecule has 2 aliphatic heterocycles. The lowest BCUT2D eigenvalue weighted by Crippen LogP contribution is -2.46. The number of rotatable bonds is 3. The molecule has 7 nitrogen and oxygen atoms in total. The Labute approximate surface area is 180 Å². The van der Waals surface area contributed by atoms with E-state index in [4.69, 9.17) is 9.47 Å². The molecule has 7 heteroatoms. The summed E-state index contributed by atoms with van der Waals surface area (Å²) < 4.78 is 13.5. The van der Waals surface area contributed by atoms with E-state index < -0.39 is 5.97 Å². The molecule has 2 aromatic carbocycles. The third-order valence-electron chi connectivity index (χ3n) is 6.80. The SMILES string of the molecule is COc1cccc2c1[C@@H]1Nc3ccc(-n4ncc(C(=O)O)c4C)cc3C(C)(C)[C@@H]1CO2. The number of hydrogen-bond acceptors (Lipinski definition) is 5. The van der Waals surface area contributed by atoms with Gasteiger partial charge in [0.25, 0.3) is 0 Å². The fraction of sp³-hybridized carbons (Fsp3) is 0.333. The van der Waals surface area contributed by atoms with Gasteiger partial charge in [0, 0.05) is 17.0 Å². The Balaban J connectivity index is 1.61. The summed E-state index contributed by atoms with van der Waals surface area (Å²) in [5, 5.41) is 17.4. The minimum Gasteiger partial charge on any atom is -0.496 e. The lowest BCUT2D eigenvalue weighted by atomic mass is 9.65. The van der Waals surface area contributed by atoms with Gasteiger partial charge in [-0.05, 0) is 42.8 Å². The summed E-state index contributed by atoms with van der Waals surface area (Å²) in [4.78, 5) is 11.4. The number of benzene rings is 2. The predicted octanol–water partition coefficient (Wildman–Crippen LogP) is 4.34. The van der Waals surface area contributed by atoms with Crippen molar-refractivity contribution in [3.05, 3.63) is 65.0 Å². The maximum atomic E-state index is 11.4. The van der Waals surface area contributed by atoms with Gasteiger partial charge in [-0.3, -0.25) is 0 Å². The Bertz CT molecular complexity index is 1180. The summed E-state index contributed by atoms with van der Waals surface area (Å²) in [6.07, 6.45) is 1.40. The highest BCUT2D eigenvalue weighted by Gasteiger charge is 2.47. The minimum absolute atomic E-state index is 0.0679. The largest absolute Gasteiger partial charge is 0.496 e. The van der Waals surface area contributed by atoms with Crippen LogP contribution in [0.25, 0.3) is 5.69 Å².